The molecule has 1 N–H and O–H groups in total. The number of nitrogens with one attached hydrogen (secondary N) is 1. The van der Waals surface area contributed by atoms with E-state index < -0.39 is 24.0 Å². The highest BCUT2D eigenvalue weighted by molar-refractivity contribution is 7.10. The molecule has 3 rings (SSSR count). The molecule has 0 spiro atoms. The van der Waals surface area contributed by atoms with Gasteiger partial charge in [0.2, 0.25) is 5.91 Å². The zero-order chi connectivity index (χ0) is 22.4. The van der Waals surface area contributed by atoms with Crippen molar-refractivity contribution in [1.29, 1.82) is 0 Å². The van der Waals surface area contributed by atoms with Gasteiger partial charge in [-0.1, -0.05) is 31.4 Å². The topological polar surface area (TPSA) is 58.6 Å². The number of rotatable bonds is 7. The van der Waals surface area contributed by atoms with Crippen molar-refractivity contribution < 1.29 is 27.5 Å². The monoisotopic (exact) mass is 454 g/mol. The van der Waals surface area contributed by atoms with Crippen molar-refractivity contribution >= 4 is 28.8 Å². The third-order valence-corrected chi connectivity index (χ3v) is 6.06. The fourth-order valence-corrected chi connectivity index (χ4v) is 4.57. The maximum Gasteiger partial charge on any atom is 0.471 e. The first-order valence-electron chi connectivity index (χ1n) is 10.3. The Kier molecular flexibility index (Phi) is 7.59. The Morgan fingerprint density at radius 3 is 2.55 bits per heavy atom. The molecule has 1 aliphatic rings. The van der Waals surface area contributed by atoms with Gasteiger partial charge in [0.1, 0.15) is 5.75 Å². The van der Waals surface area contributed by atoms with E-state index in [0.29, 0.717) is 22.1 Å². The Hall–Kier alpha value is -2.55. The number of halogens is 3. The number of hydrogen-bond donors (Lipinski definition) is 1. The number of thiophene rings is 1. The number of amides is 2. The standard InChI is InChI=1S/C22H25F3N2O3S/c1-2-30-17-11-6-10-16(14-17)27(21(29)22(23,24)25)19(18-12-7-13-31-18)20(28)26-15-8-4-3-5-9-15/h6-7,10-15,19H,2-5,8-9H2,1H3,(H,26,28). The number of alkyl halides is 3. The second-order valence-corrected chi connectivity index (χ2v) is 8.34. The summed E-state index contributed by atoms with van der Waals surface area (Å²) in [4.78, 5) is 26.7. The highest BCUT2D eigenvalue weighted by atomic mass is 32.1. The van der Waals surface area contributed by atoms with E-state index in [9.17, 15) is 22.8 Å². The molecule has 1 aromatic heterocycles. The molecule has 1 unspecified atom stereocenters. The van der Waals surface area contributed by atoms with Crippen LogP contribution in [0.4, 0.5) is 18.9 Å². The van der Waals surface area contributed by atoms with E-state index in [0.717, 1.165) is 43.4 Å². The summed E-state index contributed by atoms with van der Waals surface area (Å²) in [7, 11) is 0. The normalized spacial score (nSPS) is 15.9. The minimum Gasteiger partial charge on any atom is -0.494 e. The van der Waals surface area contributed by atoms with Crippen LogP contribution < -0.4 is 15.0 Å². The van der Waals surface area contributed by atoms with Crippen molar-refractivity contribution in [2.45, 2.75) is 57.3 Å². The van der Waals surface area contributed by atoms with Crippen molar-refractivity contribution in [3.63, 3.8) is 0 Å². The van der Waals surface area contributed by atoms with Gasteiger partial charge >= 0.3 is 12.1 Å². The van der Waals surface area contributed by atoms with Crippen LogP contribution >= 0.6 is 11.3 Å². The molecule has 1 fully saturated rings. The van der Waals surface area contributed by atoms with Gasteiger partial charge in [-0.3, -0.25) is 14.5 Å². The molecule has 1 heterocycles. The van der Waals surface area contributed by atoms with E-state index in [1.165, 1.54) is 18.2 Å². The lowest BCUT2D eigenvalue weighted by atomic mass is 9.95. The summed E-state index contributed by atoms with van der Waals surface area (Å²) >= 11 is 1.13. The molecule has 31 heavy (non-hydrogen) atoms. The zero-order valence-corrected chi connectivity index (χ0v) is 18.0. The minimum atomic E-state index is -5.15. The van der Waals surface area contributed by atoms with E-state index in [1.807, 2.05) is 0 Å². The summed E-state index contributed by atoms with van der Waals surface area (Å²) in [6.07, 6.45) is -0.621. The highest BCUT2D eigenvalue weighted by Crippen LogP contribution is 2.36. The van der Waals surface area contributed by atoms with Crippen molar-refractivity contribution in [3.05, 3.63) is 46.7 Å². The third-order valence-electron chi connectivity index (χ3n) is 5.14. The molecule has 5 nitrogen and oxygen atoms in total. The van der Waals surface area contributed by atoms with Crippen molar-refractivity contribution in [2.24, 2.45) is 0 Å². The Labute approximate surface area is 183 Å². The van der Waals surface area contributed by atoms with E-state index >= 15 is 0 Å². The average molecular weight is 455 g/mol. The van der Waals surface area contributed by atoms with Crippen LogP contribution in [0.5, 0.6) is 5.75 Å². The van der Waals surface area contributed by atoms with Crippen LogP contribution in [0, 0.1) is 0 Å². The van der Waals surface area contributed by atoms with Crippen molar-refractivity contribution in [3.8, 4) is 5.75 Å². The molecule has 1 atom stereocenters. The SMILES string of the molecule is CCOc1cccc(N(C(=O)C(F)(F)F)C(C(=O)NC2CCCCC2)c2cccs2)c1. The lowest BCUT2D eigenvalue weighted by molar-refractivity contribution is -0.171. The van der Waals surface area contributed by atoms with Gasteiger partial charge in [-0.2, -0.15) is 13.2 Å². The maximum absolute atomic E-state index is 13.6. The first-order valence-corrected chi connectivity index (χ1v) is 11.2. The Morgan fingerprint density at radius 2 is 1.94 bits per heavy atom. The van der Waals surface area contributed by atoms with Crippen LogP contribution in [0.1, 0.15) is 49.9 Å². The predicted octanol–water partition coefficient (Wildman–Crippen LogP) is 5.23. The minimum absolute atomic E-state index is 0.0505. The molecule has 1 aliphatic carbocycles. The van der Waals surface area contributed by atoms with E-state index in [1.54, 1.807) is 30.5 Å². The van der Waals surface area contributed by atoms with Crippen LogP contribution in [0.2, 0.25) is 0 Å². The van der Waals surface area contributed by atoms with Crippen LogP contribution in [0.3, 0.4) is 0 Å². The molecule has 0 aliphatic heterocycles. The lowest BCUT2D eigenvalue weighted by Crippen LogP contribution is -2.50. The number of ether oxygens (including phenoxy) is 1. The fourth-order valence-electron chi connectivity index (χ4n) is 3.76. The number of anilines is 1. The van der Waals surface area contributed by atoms with Crippen molar-refractivity contribution in [1.82, 2.24) is 5.32 Å². The summed E-state index contributed by atoms with van der Waals surface area (Å²) in [5, 5.41) is 4.55. The number of benzene rings is 1. The maximum atomic E-state index is 13.6. The summed E-state index contributed by atoms with van der Waals surface area (Å²) in [6.45, 7) is 2.06. The molecular formula is C22H25F3N2O3S. The van der Waals surface area contributed by atoms with Gasteiger partial charge in [-0.25, -0.2) is 0 Å². The largest absolute Gasteiger partial charge is 0.494 e. The molecule has 2 amide bonds. The number of hydrogen-bond acceptors (Lipinski definition) is 4. The molecule has 0 bridgehead atoms. The molecule has 168 valence electrons. The summed E-state index contributed by atoms with van der Waals surface area (Å²) in [6, 6.07) is 7.48. The van der Waals surface area contributed by atoms with Gasteiger partial charge < -0.3 is 10.1 Å². The van der Waals surface area contributed by atoms with Crippen LogP contribution in [-0.2, 0) is 9.59 Å². The van der Waals surface area contributed by atoms with Gasteiger partial charge in [-0.15, -0.1) is 11.3 Å². The molecule has 1 aromatic carbocycles. The van der Waals surface area contributed by atoms with Gasteiger partial charge in [0.25, 0.3) is 0 Å². The quantitative estimate of drug-likeness (QED) is 0.623. The lowest BCUT2D eigenvalue weighted by Gasteiger charge is -2.33. The van der Waals surface area contributed by atoms with E-state index in [2.05, 4.69) is 5.32 Å². The van der Waals surface area contributed by atoms with E-state index in [4.69, 9.17) is 4.74 Å². The first kappa shape index (κ1) is 23.1. The van der Waals surface area contributed by atoms with Gasteiger partial charge in [-0.05, 0) is 43.3 Å². The summed E-state index contributed by atoms with van der Waals surface area (Å²) in [5.41, 5.74) is -0.0505. The summed E-state index contributed by atoms with van der Waals surface area (Å²) in [5.74, 6) is -2.40. The smallest absolute Gasteiger partial charge is 0.471 e. The zero-order valence-electron chi connectivity index (χ0n) is 17.2. The summed E-state index contributed by atoms with van der Waals surface area (Å²) < 4.78 is 46.2. The van der Waals surface area contributed by atoms with E-state index in [-0.39, 0.29) is 11.7 Å². The van der Waals surface area contributed by atoms with Gasteiger partial charge in [0.15, 0.2) is 6.04 Å². The van der Waals surface area contributed by atoms with Crippen molar-refractivity contribution in [2.75, 3.05) is 11.5 Å². The molecule has 1 saturated carbocycles. The number of nitrogens with zero attached hydrogens (tertiary/aromatic N) is 1. The van der Waals surface area contributed by atoms with Crippen LogP contribution in [-0.4, -0.2) is 30.6 Å². The van der Waals surface area contributed by atoms with Crippen LogP contribution in [0.15, 0.2) is 41.8 Å². The van der Waals surface area contributed by atoms with Gasteiger partial charge in [0, 0.05) is 22.7 Å². The first-order chi connectivity index (χ1) is 14.8. The molecule has 9 heteroatoms. The fraction of sp³-hybridized carbons (Fsp3) is 0.455. The number of carbonyl (C=O) groups is 2. The Balaban J connectivity index is 2.03. The number of carbonyl (C=O) groups excluding carboxylic acids is 2. The third kappa shape index (κ3) is 5.78. The highest BCUT2D eigenvalue weighted by Gasteiger charge is 2.48. The second kappa shape index (κ2) is 10.2. The Bertz CT molecular complexity index is 880. The molecule has 2 aromatic rings. The molecule has 0 radical (unpaired) electrons. The van der Waals surface area contributed by atoms with Crippen LogP contribution in [0.25, 0.3) is 0 Å². The predicted molar refractivity (Wildman–Crippen MR) is 113 cm³/mol. The average Bonchev–Trinajstić information content (AvgIpc) is 3.26. The van der Waals surface area contributed by atoms with Gasteiger partial charge in [0.05, 0.1) is 6.61 Å². The molecular weight excluding hydrogens is 429 g/mol. The molecule has 0 saturated heterocycles. The second-order valence-electron chi connectivity index (χ2n) is 7.36. The Morgan fingerprint density at radius 1 is 1.19 bits per heavy atom.